The first-order valence-electron chi connectivity index (χ1n) is 5.34. The second-order valence-corrected chi connectivity index (χ2v) is 5.08. The van der Waals surface area contributed by atoms with Gasteiger partial charge in [-0.3, -0.25) is 0 Å². The van der Waals surface area contributed by atoms with Crippen molar-refractivity contribution in [1.29, 1.82) is 0 Å². The SMILES string of the molecule is C=C/C(=C\C=C(C)C)Sc1ccc(C)cc1. The van der Waals surface area contributed by atoms with Gasteiger partial charge >= 0.3 is 0 Å². The maximum absolute atomic E-state index is 3.83. The van der Waals surface area contributed by atoms with E-state index >= 15 is 0 Å². The third-order valence-electron chi connectivity index (χ3n) is 2.04. The highest BCUT2D eigenvalue weighted by molar-refractivity contribution is 8.03. The van der Waals surface area contributed by atoms with E-state index in [0.717, 1.165) is 0 Å². The molecule has 1 aromatic carbocycles. The Hall–Kier alpha value is -1.21. The predicted octanol–water partition coefficient (Wildman–Crippen LogP) is 5.12. The van der Waals surface area contributed by atoms with Gasteiger partial charge in [-0.15, -0.1) is 0 Å². The number of thioether (sulfide) groups is 1. The topological polar surface area (TPSA) is 0 Å². The summed E-state index contributed by atoms with van der Waals surface area (Å²) in [4.78, 5) is 2.42. The van der Waals surface area contributed by atoms with Gasteiger partial charge < -0.3 is 0 Å². The summed E-state index contributed by atoms with van der Waals surface area (Å²) in [5, 5.41) is 0. The van der Waals surface area contributed by atoms with Gasteiger partial charge in [-0.05, 0) is 39.0 Å². The molecule has 0 N–H and O–H groups in total. The Morgan fingerprint density at radius 3 is 2.25 bits per heavy atom. The van der Waals surface area contributed by atoms with Crippen LogP contribution in [0.5, 0.6) is 0 Å². The molecule has 16 heavy (non-hydrogen) atoms. The quantitative estimate of drug-likeness (QED) is 0.511. The number of hydrogen-bond donors (Lipinski definition) is 0. The molecule has 0 aliphatic carbocycles. The van der Waals surface area contributed by atoms with Crippen molar-refractivity contribution < 1.29 is 0 Å². The zero-order valence-corrected chi connectivity index (χ0v) is 11.0. The van der Waals surface area contributed by atoms with Crippen molar-refractivity contribution in [2.45, 2.75) is 25.7 Å². The standard InChI is InChI=1S/C15H18S/c1-5-14(9-6-12(2)3)16-15-10-7-13(4)8-11-15/h5-11H,1H2,2-4H3/b14-9+. The van der Waals surface area contributed by atoms with E-state index in [2.05, 4.69) is 63.8 Å². The van der Waals surface area contributed by atoms with Gasteiger partial charge in [0, 0.05) is 9.80 Å². The third-order valence-corrected chi connectivity index (χ3v) is 3.09. The molecule has 0 nitrogen and oxygen atoms in total. The summed E-state index contributed by atoms with van der Waals surface area (Å²) in [5.74, 6) is 0. The van der Waals surface area contributed by atoms with Crippen LogP contribution in [0.1, 0.15) is 19.4 Å². The van der Waals surface area contributed by atoms with Crippen molar-refractivity contribution in [1.82, 2.24) is 0 Å². The smallest absolute Gasteiger partial charge is 0.0122 e. The Bertz CT molecular complexity index is 404. The third kappa shape index (κ3) is 4.54. The van der Waals surface area contributed by atoms with Crippen LogP contribution < -0.4 is 0 Å². The van der Waals surface area contributed by atoms with Gasteiger partial charge in [0.2, 0.25) is 0 Å². The molecule has 0 bridgehead atoms. The first kappa shape index (κ1) is 12.9. The predicted molar refractivity (Wildman–Crippen MR) is 74.7 cm³/mol. The molecular formula is C15H18S. The van der Waals surface area contributed by atoms with E-state index in [1.165, 1.54) is 20.9 Å². The summed E-state index contributed by atoms with van der Waals surface area (Å²) < 4.78 is 0. The Labute approximate surface area is 103 Å². The minimum Gasteiger partial charge on any atom is -0.0979 e. The Morgan fingerprint density at radius 2 is 1.75 bits per heavy atom. The van der Waals surface area contributed by atoms with Crippen LogP contribution in [-0.2, 0) is 0 Å². The highest BCUT2D eigenvalue weighted by Crippen LogP contribution is 2.27. The Balaban J connectivity index is 2.78. The number of allylic oxidation sites excluding steroid dienone is 4. The summed E-state index contributed by atoms with van der Waals surface area (Å²) in [7, 11) is 0. The molecule has 0 fully saturated rings. The Morgan fingerprint density at radius 1 is 1.12 bits per heavy atom. The summed E-state index contributed by atoms with van der Waals surface area (Å²) >= 11 is 1.74. The molecular weight excluding hydrogens is 212 g/mol. The van der Waals surface area contributed by atoms with E-state index in [4.69, 9.17) is 0 Å². The van der Waals surface area contributed by atoms with E-state index in [1.54, 1.807) is 11.8 Å². The lowest BCUT2D eigenvalue weighted by Gasteiger charge is -2.02. The molecule has 1 aromatic rings. The molecule has 0 unspecified atom stereocenters. The normalized spacial score (nSPS) is 11.1. The van der Waals surface area contributed by atoms with Crippen LogP contribution in [0.25, 0.3) is 0 Å². The van der Waals surface area contributed by atoms with Gasteiger partial charge in [-0.25, -0.2) is 0 Å². The minimum absolute atomic E-state index is 1.17. The lowest BCUT2D eigenvalue weighted by atomic mass is 10.2. The van der Waals surface area contributed by atoms with Crippen LogP contribution in [0, 0.1) is 6.92 Å². The van der Waals surface area contributed by atoms with Crippen LogP contribution in [0.15, 0.2) is 64.4 Å². The van der Waals surface area contributed by atoms with E-state index in [-0.39, 0.29) is 0 Å². The van der Waals surface area contributed by atoms with Crippen molar-refractivity contribution in [2.24, 2.45) is 0 Å². The van der Waals surface area contributed by atoms with Crippen LogP contribution in [-0.4, -0.2) is 0 Å². The highest BCUT2D eigenvalue weighted by Gasteiger charge is 1.95. The van der Waals surface area contributed by atoms with E-state index in [0.29, 0.717) is 0 Å². The number of aryl methyl sites for hydroxylation is 1. The Kier molecular flexibility index (Phi) is 5.13. The average Bonchev–Trinajstić information content (AvgIpc) is 2.26. The second-order valence-electron chi connectivity index (χ2n) is 3.93. The molecule has 0 radical (unpaired) electrons. The highest BCUT2D eigenvalue weighted by atomic mass is 32.2. The zero-order chi connectivity index (χ0) is 12.0. The molecule has 0 saturated heterocycles. The molecule has 84 valence electrons. The first-order chi connectivity index (χ1) is 7.61. The van der Waals surface area contributed by atoms with E-state index in [1.807, 2.05) is 6.08 Å². The minimum atomic E-state index is 1.17. The lowest BCUT2D eigenvalue weighted by molar-refractivity contribution is 1.38. The van der Waals surface area contributed by atoms with E-state index < -0.39 is 0 Å². The van der Waals surface area contributed by atoms with Crippen LogP contribution >= 0.6 is 11.8 Å². The van der Waals surface area contributed by atoms with Gasteiger partial charge in [0.1, 0.15) is 0 Å². The largest absolute Gasteiger partial charge is 0.0979 e. The van der Waals surface area contributed by atoms with Crippen LogP contribution in [0.3, 0.4) is 0 Å². The number of benzene rings is 1. The number of hydrogen-bond acceptors (Lipinski definition) is 1. The second kappa shape index (κ2) is 6.39. The van der Waals surface area contributed by atoms with Gasteiger partial charge in [-0.1, -0.05) is 53.8 Å². The van der Waals surface area contributed by atoms with Crippen molar-refractivity contribution in [3.05, 3.63) is 65.1 Å². The maximum atomic E-state index is 3.83. The van der Waals surface area contributed by atoms with Crippen LogP contribution in [0.2, 0.25) is 0 Å². The zero-order valence-electron chi connectivity index (χ0n) is 10.2. The summed E-state index contributed by atoms with van der Waals surface area (Å²) in [5.41, 5.74) is 2.58. The van der Waals surface area contributed by atoms with Gasteiger partial charge in [0.05, 0.1) is 0 Å². The summed E-state index contributed by atoms with van der Waals surface area (Å²) in [6.45, 7) is 10.1. The van der Waals surface area contributed by atoms with Crippen molar-refractivity contribution in [3.8, 4) is 0 Å². The fourth-order valence-corrected chi connectivity index (χ4v) is 1.90. The molecule has 1 rings (SSSR count). The molecule has 0 atom stereocenters. The molecule has 0 aliphatic rings. The van der Waals surface area contributed by atoms with Crippen molar-refractivity contribution >= 4 is 11.8 Å². The fourth-order valence-electron chi connectivity index (χ4n) is 1.13. The molecule has 0 saturated carbocycles. The monoisotopic (exact) mass is 230 g/mol. The molecule has 0 aliphatic heterocycles. The van der Waals surface area contributed by atoms with Gasteiger partial charge in [0.25, 0.3) is 0 Å². The molecule has 0 amide bonds. The summed E-state index contributed by atoms with van der Waals surface area (Å²) in [6.07, 6.45) is 6.11. The van der Waals surface area contributed by atoms with Crippen molar-refractivity contribution in [3.63, 3.8) is 0 Å². The first-order valence-corrected chi connectivity index (χ1v) is 6.15. The maximum Gasteiger partial charge on any atom is 0.0122 e. The molecule has 0 aromatic heterocycles. The molecule has 0 spiro atoms. The average molecular weight is 230 g/mol. The fraction of sp³-hybridized carbons (Fsp3) is 0.200. The van der Waals surface area contributed by atoms with Gasteiger partial charge in [0.15, 0.2) is 0 Å². The van der Waals surface area contributed by atoms with Crippen molar-refractivity contribution in [2.75, 3.05) is 0 Å². The molecule has 0 heterocycles. The van der Waals surface area contributed by atoms with Gasteiger partial charge in [-0.2, -0.15) is 0 Å². The van der Waals surface area contributed by atoms with Crippen LogP contribution in [0.4, 0.5) is 0 Å². The summed E-state index contributed by atoms with van der Waals surface area (Å²) in [6, 6.07) is 8.54. The number of rotatable bonds is 4. The lowest BCUT2D eigenvalue weighted by Crippen LogP contribution is -1.75. The van der Waals surface area contributed by atoms with E-state index in [9.17, 15) is 0 Å². The molecule has 1 heteroatoms.